The fourth-order valence-corrected chi connectivity index (χ4v) is 3.74. The highest BCUT2D eigenvalue weighted by atomic mass is 16.6. The SMILES string of the molecule is COC(=O)C1=CCCC2(C)OC2C2OC(=O)C(C)C2C(O)C1O. The first-order valence-corrected chi connectivity index (χ1v) is 7.83. The van der Waals surface area contributed by atoms with Crippen LogP contribution in [0, 0.1) is 11.8 Å². The summed E-state index contributed by atoms with van der Waals surface area (Å²) in [5.41, 5.74) is -0.444. The zero-order valence-corrected chi connectivity index (χ0v) is 13.4. The number of epoxide rings is 1. The van der Waals surface area contributed by atoms with Crippen LogP contribution in [-0.2, 0) is 23.8 Å². The van der Waals surface area contributed by atoms with Gasteiger partial charge in [0.1, 0.15) is 18.3 Å². The molecule has 0 radical (unpaired) electrons. The molecule has 23 heavy (non-hydrogen) atoms. The predicted molar refractivity (Wildman–Crippen MR) is 77.2 cm³/mol. The second-order valence-corrected chi connectivity index (χ2v) is 6.74. The van der Waals surface area contributed by atoms with Crippen molar-refractivity contribution in [3.8, 4) is 0 Å². The first-order valence-electron chi connectivity index (χ1n) is 7.83. The van der Waals surface area contributed by atoms with E-state index in [-0.39, 0.29) is 11.7 Å². The van der Waals surface area contributed by atoms with E-state index in [4.69, 9.17) is 14.2 Å². The molecule has 0 aromatic carbocycles. The van der Waals surface area contributed by atoms with Crippen LogP contribution >= 0.6 is 0 Å². The number of hydrogen-bond acceptors (Lipinski definition) is 7. The molecule has 0 aromatic heterocycles. The van der Waals surface area contributed by atoms with Crippen LogP contribution in [-0.4, -0.2) is 59.3 Å². The second-order valence-electron chi connectivity index (χ2n) is 6.74. The molecule has 7 atom stereocenters. The van der Waals surface area contributed by atoms with Crippen molar-refractivity contribution in [3.63, 3.8) is 0 Å². The lowest BCUT2D eigenvalue weighted by Crippen LogP contribution is -2.45. The lowest BCUT2D eigenvalue weighted by Gasteiger charge is -2.29. The highest BCUT2D eigenvalue weighted by Gasteiger charge is 2.64. The summed E-state index contributed by atoms with van der Waals surface area (Å²) in [4.78, 5) is 23.9. The van der Waals surface area contributed by atoms with Gasteiger partial charge in [-0.3, -0.25) is 4.79 Å². The highest BCUT2D eigenvalue weighted by molar-refractivity contribution is 5.89. The number of esters is 2. The summed E-state index contributed by atoms with van der Waals surface area (Å²) in [7, 11) is 1.22. The minimum atomic E-state index is -1.44. The molecule has 0 amide bonds. The normalized spacial score (nSPS) is 46.1. The van der Waals surface area contributed by atoms with Crippen molar-refractivity contribution in [2.75, 3.05) is 7.11 Å². The summed E-state index contributed by atoms with van der Waals surface area (Å²) in [6.07, 6.45) is -0.987. The molecule has 2 saturated heterocycles. The van der Waals surface area contributed by atoms with E-state index in [1.807, 2.05) is 6.92 Å². The van der Waals surface area contributed by atoms with Crippen LogP contribution in [0.25, 0.3) is 0 Å². The maximum Gasteiger partial charge on any atom is 0.336 e. The van der Waals surface area contributed by atoms with Crippen molar-refractivity contribution >= 4 is 11.9 Å². The maximum absolute atomic E-state index is 12.0. The average molecular weight is 326 g/mol. The maximum atomic E-state index is 12.0. The molecule has 7 nitrogen and oxygen atoms in total. The van der Waals surface area contributed by atoms with Gasteiger partial charge in [-0.15, -0.1) is 0 Å². The van der Waals surface area contributed by atoms with Gasteiger partial charge in [0.15, 0.2) is 0 Å². The zero-order chi connectivity index (χ0) is 16.9. The predicted octanol–water partition coefficient (Wildman–Crippen LogP) is -0.0634. The molecule has 0 aromatic rings. The molecule has 0 bridgehead atoms. The summed E-state index contributed by atoms with van der Waals surface area (Å²) in [6, 6.07) is 0. The molecule has 7 unspecified atom stereocenters. The monoisotopic (exact) mass is 326 g/mol. The third kappa shape index (κ3) is 2.56. The Hall–Kier alpha value is -1.44. The zero-order valence-electron chi connectivity index (χ0n) is 13.4. The number of methoxy groups -OCH3 is 1. The second kappa shape index (κ2) is 5.58. The topological polar surface area (TPSA) is 106 Å². The Morgan fingerprint density at radius 3 is 2.78 bits per heavy atom. The first kappa shape index (κ1) is 16.4. The van der Waals surface area contributed by atoms with Crippen LogP contribution in [0.4, 0.5) is 0 Å². The molecule has 2 fully saturated rings. The summed E-state index contributed by atoms with van der Waals surface area (Å²) in [5, 5.41) is 21.1. The van der Waals surface area contributed by atoms with Crippen molar-refractivity contribution in [1.29, 1.82) is 0 Å². The van der Waals surface area contributed by atoms with E-state index >= 15 is 0 Å². The van der Waals surface area contributed by atoms with Gasteiger partial charge < -0.3 is 24.4 Å². The molecular formula is C16H22O7. The van der Waals surface area contributed by atoms with Crippen molar-refractivity contribution in [1.82, 2.24) is 0 Å². The summed E-state index contributed by atoms with van der Waals surface area (Å²) < 4.78 is 15.8. The third-order valence-electron chi connectivity index (χ3n) is 5.28. The quantitative estimate of drug-likeness (QED) is 0.513. The number of ether oxygens (including phenoxy) is 3. The molecule has 2 N–H and O–H groups in total. The van der Waals surface area contributed by atoms with E-state index in [1.165, 1.54) is 7.11 Å². The summed E-state index contributed by atoms with van der Waals surface area (Å²) in [6.45, 7) is 3.57. The summed E-state index contributed by atoms with van der Waals surface area (Å²) in [5.74, 6) is -2.34. The lowest BCUT2D eigenvalue weighted by atomic mass is 9.78. The minimum absolute atomic E-state index is 0.00741. The summed E-state index contributed by atoms with van der Waals surface area (Å²) >= 11 is 0. The van der Waals surface area contributed by atoms with Crippen LogP contribution in [0.5, 0.6) is 0 Å². The van der Waals surface area contributed by atoms with E-state index in [0.717, 1.165) is 0 Å². The van der Waals surface area contributed by atoms with Crippen molar-refractivity contribution in [2.24, 2.45) is 11.8 Å². The van der Waals surface area contributed by atoms with Crippen LogP contribution in [0.3, 0.4) is 0 Å². The molecule has 0 saturated carbocycles. The molecule has 0 spiro atoms. The van der Waals surface area contributed by atoms with E-state index in [1.54, 1.807) is 13.0 Å². The average Bonchev–Trinajstić information content (AvgIpc) is 3.10. The van der Waals surface area contributed by atoms with Crippen LogP contribution in [0.1, 0.15) is 26.7 Å². The Morgan fingerprint density at radius 1 is 1.43 bits per heavy atom. The fraction of sp³-hybridized carbons (Fsp3) is 0.750. The Balaban J connectivity index is 1.98. The van der Waals surface area contributed by atoms with Gasteiger partial charge in [0.05, 0.1) is 30.3 Å². The van der Waals surface area contributed by atoms with Crippen molar-refractivity contribution in [2.45, 2.75) is 56.7 Å². The standard InChI is InChI=1S/C16H22O7/c1-7-9-11(18)10(17)8(15(20)21-3)5-4-6-16(2)13(23-16)12(9)22-14(7)19/h5,7,9-13,17-18H,4,6H2,1-3H3. The van der Waals surface area contributed by atoms with Gasteiger partial charge in [-0.25, -0.2) is 4.79 Å². The van der Waals surface area contributed by atoms with Crippen molar-refractivity contribution < 1.29 is 34.0 Å². The molecule has 2 heterocycles. The first-order chi connectivity index (χ1) is 10.8. The Bertz CT molecular complexity index is 557. The van der Waals surface area contributed by atoms with Gasteiger partial charge in [-0.1, -0.05) is 13.0 Å². The van der Waals surface area contributed by atoms with Crippen LogP contribution in [0.15, 0.2) is 11.6 Å². The molecule has 3 rings (SSSR count). The Labute approximate surface area is 134 Å². The van der Waals surface area contributed by atoms with Gasteiger partial charge in [0.2, 0.25) is 0 Å². The number of rotatable bonds is 1. The number of carbonyl (C=O) groups excluding carboxylic acids is 2. The van der Waals surface area contributed by atoms with Crippen LogP contribution in [0.2, 0.25) is 0 Å². The third-order valence-corrected chi connectivity index (χ3v) is 5.28. The van der Waals surface area contributed by atoms with Gasteiger partial charge in [0, 0.05) is 5.92 Å². The number of allylic oxidation sites excluding steroid dienone is 1. The van der Waals surface area contributed by atoms with Crippen molar-refractivity contribution in [3.05, 3.63) is 11.6 Å². The van der Waals surface area contributed by atoms with E-state index in [2.05, 4.69) is 0 Å². The Kier molecular flexibility index (Phi) is 3.98. The van der Waals surface area contributed by atoms with E-state index < -0.39 is 47.7 Å². The van der Waals surface area contributed by atoms with E-state index in [0.29, 0.717) is 12.8 Å². The Morgan fingerprint density at radius 2 is 2.13 bits per heavy atom. The minimum Gasteiger partial charge on any atom is -0.466 e. The number of aliphatic hydroxyl groups is 2. The molecular weight excluding hydrogens is 304 g/mol. The molecule has 2 aliphatic heterocycles. The fourth-order valence-electron chi connectivity index (χ4n) is 3.74. The lowest BCUT2D eigenvalue weighted by molar-refractivity contribution is -0.145. The van der Waals surface area contributed by atoms with Gasteiger partial charge in [-0.2, -0.15) is 0 Å². The molecule has 1 aliphatic carbocycles. The molecule has 128 valence electrons. The van der Waals surface area contributed by atoms with Gasteiger partial charge in [0.25, 0.3) is 0 Å². The highest BCUT2D eigenvalue weighted by Crippen LogP contribution is 2.50. The number of carbonyl (C=O) groups is 2. The molecule has 3 aliphatic rings. The van der Waals surface area contributed by atoms with Gasteiger partial charge >= 0.3 is 11.9 Å². The largest absolute Gasteiger partial charge is 0.466 e. The number of aliphatic hydroxyl groups excluding tert-OH is 2. The number of fused-ring (bicyclic) bond motifs is 3. The molecule has 7 heteroatoms. The smallest absolute Gasteiger partial charge is 0.336 e. The van der Waals surface area contributed by atoms with Gasteiger partial charge in [-0.05, 0) is 19.8 Å². The van der Waals surface area contributed by atoms with E-state index in [9.17, 15) is 19.8 Å². The number of hydrogen-bond donors (Lipinski definition) is 2. The van der Waals surface area contributed by atoms with Crippen LogP contribution < -0.4 is 0 Å².